The van der Waals surface area contributed by atoms with Crippen molar-refractivity contribution in [3.8, 4) is 0 Å². The first-order valence-electron chi connectivity index (χ1n) is 9.61. The highest BCUT2D eigenvalue weighted by Crippen LogP contribution is 2.37. The zero-order valence-electron chi connectivity index (χ0n) is 16.3. The summed E-state index contributed by atoms with van der Waals surface area (Å²) in [5.74, 6) is -0.193. The molecule has 1 saturated carbocycles. The fraction of sp³-hybridized carbons (Fsp3) is 0.318. The van der Waals surface area contributed by atoms with Gasteiger partial charge in [0, 0.05) is 13.1 Å². The number of thioether (sulfide) groups is 1. The van der Waals surface area contributed by atoms with Gasteiger partial charge in [0.1, 0.15) is 5.82 Å². The minimum atomic E-state index is -0.300. The van der Waals surface area contributed by atoms with E-state index >= 15 is 0 Å². The maximum Gasteiger partial charge on any atom is 0.262 e. The smallest absolute Gasteiger partial charge is 0.262 e. The van der Waals surface area contributed by atoms with Gasteiger partial charge in [0.15, 0.2) is 5.16 Å². The van der Waals surface area contributed by atoms with Crippen molar-refractivity contribution in [2.24, 2.45) is 0 Å². The molecule has 1 aromatic heterocycles. The molecule has 29 heavy (non-hydrogen) atoms. The maximum atomic E-state index is 13.2. The lowest BCUT2D eigenvalue weighted by atomic mass is 10.1. The van der Waals surface area contributed by atoms with Crippen LogP contribution in [0.3, 0.4) is 0 Å². The Morgan fingerprint density at radius 3 is 2.62 bits per heavy atom. The lowest BCUT2D eigenvalue weighted by Crippen LogP contribution is -2.31. The summed E-state index contributed by atoms with van der Waals surface area (Å²) in [6.45, 7) is 1.91. The minimum Gasteiger partial charge on any atom is -0.338 e. The van der Waals surface area contributed by atoms with Gasteiger partial charge in [-0.1, -0.05) is 36.0 Å². The van der Waals surface area contributed by atoms with E-state index in [9.17, 15) is 14.0 Å². The number of rotatable bonds is 6. The predicted molar refractivity (Wildman–Crippen MR) is 113 cm³/mol. The highest BCUT2D eigenvalue weighted by molar-refractivity contribution is 7.99. The molecule has 1 unspecified atom stereocenters. The molecule has 5 nitrogen and oxygen atoms in total. The van der Waals surface area contributed by atoms with E-state index in [1.807, 2.05) is 25.1 Å². The number of halogens is 1. The molecule has 0 N–H and O–H groups in total. The molecule has 1 aliphatic carbocycles. The fourth-order valence-corrected chi connectivity index (χ4v) is 4.28. The van der Waals surface area contributed by atoms with Gasteiger partial charge in [-0.05, 0) is 49.6 Å². The Morgan fingerprint density at radius 1 is 1.24 bits per heavy atom. The summed E-state index contributed by atoms with van der Waals surface area (Å²) in [4.78, 5) is 32.0. The lowest BCUT2D eigenvalue weighted by molar-refractivity contribution is -0.128. The predicted octanol–water partition coefficient (Wildman–Crippen LogP) is 4.18. The number of hydrogen-bond acceptors (Lipinski definition) is 4. The quantitative estimate of drug-likeness (QED) is 0.451. The highest BCUT2D eigenvalue weighted by Gasteiger charge is 2.29. The summed E-state index contributed by atoms with van der Waals surface area (Å²) in [5, 5.41) is 1.20. The monoisotopic (exact) mass is 411 g/mol. The Bertz CT molecular complexity index is 1110. The van der Waals surface area contributed by atoms with Crippen LogP contribution in [0.1, 0.15) is 37.4 Å². The van der Waals surface area contributed by atoms with Crippen LogP contribution in [0.2, 0.25) is 0 Å². The van der Waals surface area contributed by atoms with Crippen molar-refractivity contribution in [3.05, 3.63) is 70.3 Å². The number of hydrogen-bond donors (Lipinski definition) is 0. The van der Waals surface area contributed by atoms with Crippen LogP contribution >= 0.6 is 11.8 Å². The van der Waals surface area contributed by atoms with Gasteiger partial charge in [0.05, 0.1) is 22.7 Å². The number of amides is 1. The summed E-state index contributed by atoms with van der Waals surface area (Å²) in [7, 11) is 1.73. The molecule has 0 saturated heterocycles. The van der Waals surface area contributed by atoms with E-state index in [2.05, 4.69) is 4.98 Å². The average molecular weight is 412 g/mol. The van der Waals surface area contributed by atoms with E-state index in [1.54, 1.807) is 34.7 Å². The molecule has 0 bridgehead atoms. The van der Waals surface area contributed by atoms with Crippen LogP contribution in [0, 0.1) is 5.82 Å². The van der Waals surface area contributed by atoms with E-state index in [1.165, 1.54) is 23.9 Å². The molecule has 1 fully saturated rings. The number of para-hydroxylation sites is 1. The Morgan fingerprint density at radius 2 is 1.93 bits per heavy atom. The number of carbonyl (C=O) groups excluding carboxylic acids is 1. The van der Waals surface area contributed by atoms with Gasteiger partial charge in [0.25, 0.3) is 5.56 Å². The van der Waals surface area contributed by atoms with Gasteiger partial charge in [-0.2, -0.15) is 0 Å². The van der Waals surface area contributed by atoms with E-state index in [4.69, 9.17) is 0 Å². The Kier molecular flexibility index (Phi) is 5.41. The first-order chi connectivity index (χ1) is 14.0. The van der Waals surface area contributed by atoms with Crippen molar-refractivity contribution in [1.82, 2.24) is 14.5 Å². The second-order valence-corrected chi connectivity index (χ2v) is 8.28. The number of benzene rings is 2. The normalized spacial score (nSPS) is 14.7. The second-order valence-electron chi connectivity index (χ2n) is 7.34. The van der Waals surface area contributed by atoms with Crippen molar-refractivity contribution in [2.45, 2.75) is 37.0 Å². The first kappa shape index (κ1) is 19.6. The maximum absolute atomic E-state index is 13.2. The molecule has 2 aromatic carbocycles. The first-order valence-corrected chi connectivity index (χ1v) is 10.6. The lowest BCUT2D eigenvalue weighted by Gasteiger charge is -2.25. The molecule has 1 atom stereocenters. The summed E-state index contributed by atoms with van der Waals surface area (Å²) in [6, 6.07) is 13.5. The third-order valence-corrected chi connectivity index (χ3v) is 6.28. The Labute approximate surface area is 172 Å². The van der Waals surface area contributed by atoms with Crippen LogP contribution < -0.4 is 5.56 Å². The molecule has 0 radical (unpaired) electrons. The Hall–Kier alpha value is -2.67. The Balaban J connectivity index is 1.53. The average Bonchev–Trinajstić information content (AvgIpc) is 3.56. The van der Waals surface area contributed by atoms with E-state index in [0.717, 1.165) is 18.4 Å². The molecule has 1 heterocycles. The summed E-state index contributed by atoms with van der Waals surface area (Å²) >= 11 is 1.30. The largest absolute Gasteiger partial charge is 0.338 e. The van der Waals surface area contributed by atoms with Crippen LogP contribution in [0.25, 0.3) is 10.9 Å². The van der Waals surface area contributed by atoms with Gasteiger partial charge >= 0.3 is 0 Å². The molecular weight excluding hydrogens is 389 g/mol. The number of nitrogens with zero attached hydrogens (tertiary/aromatic N) is 3. The summed E-state index contributed by atoms with van der Waals surface area (Å²) < 4.78 is 14.9. The number of fused-ring (bicyclic) bond motifs is 1. The molecule has 7 heteroatoms. The standard InChI is InChI=1S/C22H22FN3O2S/c1-14(15-7-9-16(23)10-8-15)25(2)20(27)13-29-22-24-19-6-4-3-5-18(19)21(28)26(22)17-11-12-17/h3-10,14,17H,11-13H2,1-2H3. The molecule has 4 rings (SSSR count). The fourth-order valence-electron chi connectivity index (χ4n) is 3.29. The van der Waals surface area contributed by atoms with Crippen molar-refractivity contribution in [3.63, 3.8) is 0 Å². The molecule has 0 aliphatic heterocycles. The van der Waals surface area contributed by atoms with Crippen LogP contribution in [0.15, 0.2) is 58.5 Å². The van der Waals surface area contributed by atoms with Gasteiger partial charge < -0.3 is 4.90 Å². The highest BCUT2D eigenvalue weighted by atomic mass is 32.2. The van der Waals surface area contributed by atoms with Gasteiger partial charge in [-0.3, -0.25) is 14.2 Å². The molecule has 150 valence electrons. The topological polar surface area (TPSA) is 55.2 Å². The molecule has 1 amide bonds. The third kappa shape index (κ3) is 4.05. The SMILES string of the molecule is CC(c1ccc(F)cc1)N(C)C(=O)CSc1nc2ccccc2c(=O)n1C1CC1. The van der Waals surface area contributed by atoms with Crippen LogP contribution in [0.5, 0.6) is 0 Å². The molecule has 1 aliphatic rings. The molecule has 3 aromatic rings. The number of aromatic nitrogens is 2. The van der Waals surface area contributed by atoms with Crippen molar-refractivity contribution >= 4 is 28.6 Å². The second kappa shape index (κ2) is 7.99. The van der Waals surface area contributed by atoms with Gasteiger partial charge in [-0.25, -0.2) is 9.37 Å². The van der Waals surface area contributed by atoms with Gasteiger partial charge in [0.2, 0.25) is 5.91 Å². The van der Waals surface area contributed by atoms with Crippen LogP contribution in [-0.4, -0.2) is 33.2 Å². The molecule has 0 spiro atoms. The van der Waals surface area contributed by atoms with Crippen LogP contribution in [0.4, 0.5) is 4.39 Å². The van der Waals surface area contributed by atoms with Gasteiger partial charge in [-0.15, -0.1) is 0 Å². The number of carbonyl (C=O) groups is 1. The van der Waals surface area contributed by atoms with Crippen LogP contribution in [-0.2, 0) is 4.79 Å². The minimum absolute atomic E-state index is 0.0407. The van der Waals surface area contributed by atoms with E-state index in [0.29, 0.717) is 16.1 Å². The van der Waals surface area contributed by atoms with Crippen molar-refractivity contribution in [2.75, 3.05) is 12.8 Å². The zero-order chi connectivity index (χ0) is 20.5. The molecular formula is C22H22FN3O2S. The van der Waals surface area contributed by atoms with Crippen molar-refractivity contribution < 1.29 is 9.18 Å². The third-order valence-electron chi connectivity index (χ3n) is 5.34. The summed E-state index contributed by atoms with van der Waals surface area (Å²) in [6.07, 6.45) is 1.92. The van der Waals surface area contributed by atoms with Crippen molar-refractivity contribution in [1.29, 1.82) is 0 Å². The zero-order valence-corrected chi connectivity index (χ0v) is 17.2. The summed E-state index contributed by atoms with van der Waals surface area (Å²) in [5.41, 5.74) is 1.48. The van der Waals surface area contributed by atoms with E-state index in [-0.39, 0.29) is 35.1 Å². The van der Waals surface area contributed by atoms with E-state index < -0.39 is 0 Å².